The Morgan fingerprint density at radius 1 is 1.50 bits per heavy atom. The van der Waals surface area contributed by atoms with E-state index in [-0.39, 0.29) is 6.61 Å². The molecule has 0 aromatic heterocycles. The molecule has 0 radical (unpaired) electrons. The highest BCUT2D eigenvalue weighted by atomic mass is 35.5. The lowest BCUT2D eigenvalue weighted by atomic mass is 10.3. The van der Waals surface area contributed by atoms with E-state index in [4.69, 9.17) is 33.0 Å². The molecule has 0 aliphatic rings. The first-order valence-electron chi connectivity index (χ1n) is 4.47. The highest BCUT2D eigenvalue weighted by Crippen LogP contribution is 2.27. The Bertz CT molecular complexity index is 427. The van der Waals surface area contributed by atoms with Gasteiger partial charge in [0.25, 0.3) is 0 Å². The molecule has 1 aromatic rings. The van der Waals surface area contributed by atoms with E-state index in [1.165, 1.54) is 0 Å². The molecule has 0 fully saturated rings. The quantitative estimate of drug-likeness (QED) is 0.845. The lowest BCUT2D eigenvalue weighted by Gasteiger charge is -2.07. The molecule has 0 bridgehead atoms. The average molecular weight is 261 g/mol. The van der Waals surface area contributed by atoms with Crippen LogP contribution in [0.1, 0.15) is 6.92 Å². The van der Waals surface area contributed by atoms with Crippen LogP contribution in [0, 0.1) is 0 Å². The Labute approximate surface area is 103 Å². The van der Waals surface area contributed by atoms with Gasteiger partial charge in [0.05, 0.1) is 5.02 Å². The molecule has 1 N–H and O–H groups in total. The number of hydrogen-bond donors (Lipinski definition) is 1. The monoisotopic (exact) mass is 260 g/mol. The third-order valence-corrected chi connectivity index (χ3v) is 2.25. The maximum atomic E-state index is 10.4. The van der Waals surface area contributed by atoms with E-state index < -0.39 is 5.97 Å². The number of halogens is 2. The lowest BCUT2D eigenvalue weighted by molar-refractivity contribution is -0.131. The van der Waals surface area contributed by atoms with Crippen molar-refractivity contribution in [2.45, 2.75) is 6.92 Å². The van der Waals surface area contributed by atoms with E-state index in [0.29, 0.717) is 21.4 Å². The van der Waals surface area contributed by atoms with Crippen LogP contribution in [0.3, 0.4) is 0 Å². The van der Waals surface area contributed by atoms with Crippen molar-refractivity contribution in [3.05, 3.63) is 39.9 Å². The van der Waals surface area contributed by atoms with Gasteiger partial charge in [-0.1, -0.05) is 23.2 Å². The van der Waals surface area contributed by atoms with Gasteiger partial charge in [-0.2, -0.15) is 0 Å². The fourth-order valence-electron chi connectivity index (χ4n) is 1.04. The van der Waals surface area contributed by atoms with Gasteiger partial charge in [-0.15, -0.1) is 0 Å². The number of benzene rings is 1. The fraction of sp³-hybridized carbons (Fsp3) is 0.182. The van der Waals surface area contributed by atoms with E-state index in [9.17, 15) is 4.79 Å². The van der Waals surface area contributed by atoms with Crippen molar-refractivity contribution in [1.82, 2.24) is 0 Å². The normalized spacial score (nSPS) is 11.3. The fourth-order valence-corrected chi connectivity index (χ4v) is 1.50. The van der Waals surface area contributed by atoms with E-state index in [1.54, 1.807) is 25.1 Å². The van der Waals surface area contributed by atoms with Crippen molar-refractivity contribution in [3.8, 4) is 5.75 Å². The molecule has 0 unspecified atom stereocenters. The van der Waals surface area contributed by atoms with Gasteiger partial charge in [-0.3, -0.25) is 0 Å². The van der Waals surface area contributed by atoms with Crippen LogP contribution in [0.2, 0.25) is 10.0 Å². The molecule has 0 spiro atoms. The maximum Gasteiger partial charge on any atom is 0.328 e. The largest absolute Gasteiger partial charge is 0.488 e. The zero-order chi connectivity index (χ0) is 12.1. The number of carboxylic acid groups (broad SMARTS) is 1. The number of aliphatic carboxylic acids is 1. The van der Waals surface area contributed by atoms with Crippen LogP contribution in [0.4, 0.5) is 0 Å². The van der Waals surface area contributed by atoms with Crippen LogP contribution in [-0.2, 0) is 4.79 Å². The highest BCUT2D eigenvalue weighted by molar-refractivity contribution is 6.35. The van der Waals surface area contributed by atoms with Crippen LogP contribution >= 0.6 is 23.2 Å². The summed E-state index contributed by atoms with van der Waals surface area (Å²) in [5, 5.41) is 9.42. The van der Waals surface area contributed by atoms with Crippen molar-refractivity contribution in [2.75, 3.05) is 6.61 Å². The SMILES string of the molecule is CC(=CC(=O)O)COc1ccc(Cl)cc1Cl. The Balaban J connectivity index is 2.65. The van der Waals surface area contributed by atoms with Gasteiger partial charge in [0.15, 0.2) is 0 Å². The molecule has 0 heterocycles. The molecule has 1 aromatic carbocycles. The van der Waals surface area contributed by atoms with E-state index in [1.807, 2.05) is 0 Å². The summed E-state index contributed by atoms with van der Waals surface area (Å²) in [4.78, 5) is 10.4. The highest BCUT2D eigenvalue weighted by Gasteiger charge is 2.03. The standard InChI is InChI=1S/C11H10Cl2O3/c1-7(4-11(14)15)6-16-10-3-2-8(12)5-9(10)13/h2-5H,6H2,1H3,(H,14,15). The third-order valence-electron chi connectivity index (χ3n) is 1.72. The minimum Gasteiger partial charge on any atom is -0.488 e. The summed E-state index contributed by atoms with van der Waals surface area (Å²) in [6.45, 7) is 1.84. The minimum absolute atomic E-state index is 0.174. The molecule has 5 heteroatoms. The molecule has 16 heavy (non-hydrogen) atoms. The second kappa shape index (κ2) is 5.77. The summed E-state index contributed by atoms with van der Waals surface area (Å²) in [6.07, 6.45) is 1.09. The molecular formula is C11H10Cl2O3. The summed E-state index contributed by atoms with van der Waals surface area (Å²) in [6, 6.07) is 4.85. The summed E-state index contributed by atoms with van der Waals surface area (Å²) in [5.74, 6) is -0.521. The van der Waals surface area contributed by atoms with E-state index >= 15 is 0 Å². The molecular weight excluding hydrogens is 251 g/mol. The van der Waals surface area contributed by atoms with Crippen molar-refractivity contribution in [2.24, 2.45) is 0 Å². The molecule has 0 aliphatic carbocycles. The Morgan fingerprint density at radius 3 is 2.75 bits per heavy atom. The molecule has 0 saturated carbocycles. The number of carbonyl (C=O) groups is 1. The topological polar surface area (TPSA) is 46.5 Å². The predicted molar refractivity (Wildman–Crippen MR) is 63.3 cm³/mol. The second-order valence-corrected chi connectivity index (χ2v) is 4.04. The molecule has 0 aliphatic heterocycles. The van der Waals surface area contributed by atoms with Crippen LogP contribution < -0.4 is 4.74 Å². The van der Waals surface area contributed by atoms with Gasteiger partial charge in [0.2, 0.25) is 0 Å². The van der Waals surface area contributed by atoms with Crippen LogP contribution in [0.15, 0.2) is 29.8 Å². The summed E-state index contributed by atoms with van der Waals surface area (Å²) >= 11 is 11.6. The Hall–Kier alpha value is -1.19. The van der Waals surface area contributed by atoms with Gasteiger partial charge in [-0.05, 0) is 30.7 Å². The lowest BCUT2D eigenvalue weighted by Crippen LogP contribution is -2.01. The van der Waals surface area contributed by atoms with Crippen molar-refractivity contribution >= 4 is 29.2 Å². The molecule has 1 rings (SSSR count). The van der Waals surface area contributed by atoms with Gasteiger partial charge in [0, 0.05) is 11.1 Å². The maximum absolute atomic E-state index is 10.4. The smallest absolute Gasteiger partial charge is 0.328 e. The second-order valence-electron chi connectivity index (χ2n) is 3.19. The predicted octanol–water partition coefficient (Wildman–Crippen LogP) is 3.40. The third kappa shape index (κ3) is 4.13. The van der Waals surface area contributed by atoms with Crippen LogP contribution in [0.5, 0.6) is 5.75 Å². The Kier molecular flexibility index (Phi) is 4.65. The van der Waals surface area contributed by atoms with Crippen LogP contribution in [-0.4, -0.2) is 17.7 Å². The molecule has 86 valence electrons. The van der Waals surface area contributed by atoms with Gasteiger partial charge < -0.3 is 9.84 Å². The number of rotatable bonds is 4. The molecule has 0 atom stereocenters. The first-order valence-corrected chi connectivity index (χ1v) is 5.22. The van der Waals surface area contributed by atoms with Crippen molar-refractivity contribution in [1.29, 1.82) is 0 Å². The van der Waals surface area contributed by atoms with Gasteiger partial charge in [0.1, 0.15) is 12.4 Å². The zero-order valence-corrected chi connectivity index (χ0v) is 10.0. The molecule has 0 saturated heterocycles. The van der Waals surface area contributed by atoms with E-state index in [0.717, 1.165) is 6.08 Å². The zero-order valence-electron chi connectivity index (χ0n) is 8.54. The number of ether oxygens (including phenoxy) is 1. The summed E-state index contributed by atoms with van der Waals surface area (Å²) < 4.78 is 5.33. The summed E-state index contributed by atoms with van der Waals surface area (Å²) in [7, 11) is 0. The average Bonchev–Trinajstić information content (AvgIpc) is 2.15. The first kappa shape index (κ1) is 12.9. The summed E-state index contributed by atoms with van der Waals surface area (Å²) in [5.41, 5.74) is 0.596. The molecule has 0 amide bonds. The first-order chi connectivity index (χ1) is 7.49. The van der Waals surface area contributed by atoms with Gasteiger partial charge >= 0.3 is 5.97 Å². The Morgan fingerprint density at radius 2 is 2.19 bits per heavy atom. The van der Waals surface area contributed by atoms with Crippen molar-refractivity contribution in [3.63, 3.8) is 0 Å². The minimum atomic E-state index is -0.997. The van der Waals surface area contributed by atoms with E-state index in [2.05, 4.69) is 0 Å². The number of carboxylic acids is 1. The van der Waals surface area contributed by atoms with Gasteiger partial charge in [-0.25, -0.2) is 4.79 Å². The van der Waals surface area contributed by atoms with Crippen LogP contribution in [0.25, 0.3) is 0 Å². The number of hydrogen-bond acceptors (Lipinski definition) is 2. The molecule has 3 nitrogen and oxygen atoms in total. The van der Waals surface area contributed by atoms with Crippen molar-refractivity contribution < 1.29 is 14.6 Å².